The lowest BCUT2D eigenvalue weighted by molar-refractivity contribution is -0.132. The normalized spacial score (nSPS) is 13.0. The van der Waals surface area contributed by atoms with Gasteiger partial charge in [-0.15, -0.1) is 0 Å². The van der Waals surface area contributed by atoms with Crippen molar-refractivity contribution in [1.82, 2.24) is 4.90 Å². The molecule has 0 heterocycles. The molecule has 1 N–H and O–H groups in total. The highest BCUT2D eigenvalue weighted by Crippen LogP contribution is 2.03. The first-order valence-electron chi connectivity index (χ1n) is 4.88. The molecule has 84 valence electrons. The summed E-state index contributed by atoms with van der Waals surface area (Å²) in [5.74, 6) is 0.416. The van der Waals surface area contributed by atoms with Crippen LogP contribution in [0.5, 0.6) is 0 Å². The highest BCUT2D eigenvalue weighted by Gasteiger charge is 2.14. The average Bonchev–Trinajstić information content (AvgIpc) is 2.02. The van der Waals surface area contributed by atoms with Crippen LogP contribution in [0.4, 0.5) is 0 Å². The number of aliphatic hydroxyl groups excluding tert-OH is 1. The lowest BCUT2D eigenvalue weighted by Crippen LogP contribution is -2.36. The molecule has 1 atom stereocenters. The van der Waals surface area contributed by atoms with Crippen molar-refractivity contribution in [3.05, 3.63) is 0 Å². The fourth-order valence-electron chi connectivity index (χ4n) is 1.17. The number of methoxy groups -OCH3 is 1. The summed E-state index contributed by atoms with van der Waals surface area (Å²) in [6.45, 7) is 4.59. The average molecular weight is 203 g/mol. The maximum absolute atomic E-state index is 11.5. The zero-order valence-corrected chi connectivity index (χ0v) is 9.49. The van der Waals surface area contributed by atoms with Gasteiger partial charge < -0.3 is 14.7 Å². The van der Waals surface area contributed by atoms with E-state index in [0.29, 0.717) is 18.9 Å². The topological polar surface area (TPSA) is 49.8 Å². The maximum Gasteiger partial charge on any atom is 0.222 e. The van der Waals surface area contributed by atoms with Gasteiger partial charge in [0.05, 0.1) is 12.7 Å². The van der Waals surface area contributed by atoms with Gasteiger partial charge in [-0.05, 0) is 5.92 Å². The summed E-state index contributed by atoms with van der Waals surface area (Å²) < 4.78 is 4.78. The number of ether oxygens (including phenoxy) is 1. The number of aliphatic hydroxyl groups is 1. The Balaban J connectivity index is 3.82. The zero-order valence-electron chi connectivity index (χ0n) is 9.49. The largest absolute Gasteiger partial charge is 0.389 e. The Labute approximate surface area is 85.9 Å². The highest BCUT2D eigenvalue weighted by molar-refractivity contribution is 5.76. The van der Waals surface area contributed by atoms with Crippen LogP contribution in [0.2, 0.25) is 0 Å². The minimum Gasteiger partial charge on any atom is -0.389 e. The molecule has 0 aromatic rings. The molecule has 0 saturated heterocycles. The summed E-state index contributed by atoms with van der Waals surface area (Å²) in [4.78, 5) is 13.0. The van der Waals surface area contributed by atoms with Crippen molar-refractivity contribution in [1.29, 1.82) is 0 Å². The van der Waals surface area contributed by atoms with Gasteiger partial charge in [0.25, 0.3) is 0 Å². The van der Waals surface area contributed by atoms with Gasteiger partial charge in [-0.1, -0.05) is 13.8 Å². The summed E-state index contributed by atoms with van der Waals surface area (Å²) in [5, 5.41) is 9.38. The van der Waals surface area contributed by atoms with E-state index >= 15 is 0 Å². The minimum atomic E-state index is -0.596. The first kappa shape index (κ1) is 13.4. The number of hydrogen-bond donors (Lipinski definition) is 1. The van der Waals surface area contributed by atoms with Crippen LogP contribution in [0, 0.1) is 5.92 Å². The number of nitrogens with zero attached hydrogens (tertiary/aromatic N) is 1. The third kappa shape index (κ3) is 5.94. The van der Waals surface area contributed by atoms with Gasteiger partial charge in [0.2, 0.25) is 5.91 Å². The lowest BCUT2D eigenvalue weighted by atomic mass is 10.1. The van der Waals surface area contributed by atoms with E-state index in [1.807, 2.05) is 13.8 Å². The molecule has 0 aliphatic carbocycles. The number of carbonyl (C=O) groups excluding carboxylic acids is 1. The standard InChI is InChI=1S/C10H21NO3/c1-8(2)5-10(13)11(3)6-9(12)7-14-4/h8-9,12H,5-7H2,1-4H3. The SMILES string of the molecule is COCC(O)CN(C)C(=O)CC(C)C. The molecule has 0 spiro atoms. The van der Waals surface area contributed by atoms with Crippen LogP contribution in [-0.2, 0) is 9.53 Å². The molecule has 0 aromatic heterocycles. The van der Waals surface area contributed by atoms with E-state index in [1.165, 1.54) is 7.11 Å². The Bertz CT molecular complexity index is 171. The zero-order chi connectivity index (χ0) is 11.1. The summed E-state index contributed by atoms with van der Waals surface area (Å²) in [6, 6.07) is 0. The number of carbonyl (C=O) groups is 1. The van der Waals surface area contributed by atoms with Crippen LogP contribution in [0.25, 0.3) is 0 Å². The first-order valence-corrected chi connectivity index (χ1v) is 4.88. The monoisotopic (exact) mass is 203 g/mol. The maximum atomic E-state index is 11.5. The number of hydrogen-bond acceptors (Lipinski definition) is 3. The van der Waals surface area contributed by atoms with Gasteiger partial charge in [-0.3, -0.25) is 4.79 Å². The van der Waals surface area contributed by atoms with Gasteiger partial charge in [0.15, 0.2) is 0 Å². The van der Waals surface area contributed by atoms with E-state index in [1.54, 1.807) is 11.9 Å². The fraction of sp³-hybridized carbons (Fsp3) is 0.900. The molecule has 0 rings (SSSR count). The van der Waals surface area contributed by atoms with Crippen molar-refractivity contribution in [2.75, 3.05) is 27.3 Å². The Kier molecular flexibility index (Phi) is 6.49. The molecular formula is C10H21NO3. The third-order valence-corrected chi connectivity index (χ3v) is 1.85. The molecule has 0 aliphatic heterocycles. The van der Waals surface area contributed by atoms with Crippen molar-refractivity contribution in [2.45, 2.75) is 26.4 Å². The van der Waals surface area contributed by atoms with E-state index in [-0.39, 0.29) is 12.5 Å². The van der Waals surface area contributed by atoms with Crippen molar-refractivity contribution in [3.8, 4) is 0 Å². The Morgan fingerprint density at radius 2 is 2.07 bits per heavy atom. The van der Waals surface area contributed by atoms with Gasteiger partial charge >= 0.3 is 0 Å². The Morgan fingerprint density at radius 3 is 2.50 bits per heavy atom. The van der Waals surface area contributed by atoms with Gasteiger partial charge in [-0.2, -0.15) is 0 Å². The van der Waals surface area contributed by atoms with E-state index in [0.717, 1.165) is 0 Å². The third-order valence-electron chi connectivity index (χ3n) is 1.85. The van der Waals surface area contributed by atoms with Crippen molar-refractivity contribution < 1.29 is 14.6 Å². The summed E-state index contributed by atoms with van der Waals surface area (Å²) in [7, 11) is 3.22. The van der Waals surface area contributed by atoms with Crippen LogP contribution >= 0.6 is 0 Å². The van der Waals surface area contributed by atoms with E-state index in [9.17, 15) is 9.90 Å². The molecular weight excluding hydrogens is 182 g/mol. The second-order valence-electron chi connectivity index (χ2n) is 3.98. The highest BCUT2D eigenvalue weighted by atomic mass is 16.5. The molecule has 0 aliphatic rings. The van der Waals surface area contributed by atoms with E-state index in [4.69, 9.17) is 4.74 Å². The Morgan fingerprint density at radius 1 is 1.50 bits per heavy atom. The first-order chi connectivity index (χ1) is 6.47. The Hall–Kier alpha value is -0.610. The second kappa shape index (κ2) is 6.79. The predicted molar refractivity (Wildman–Crippen MR) is 55.0 cm³/mol. The molecule has 1 unspecified atom stereocenters. The molecule has 0 aromatic carbocycles. The molecule has 0 radical (unpaired) electrons. The second-order valence-corrected chi connectivity index (χ2v) is 3.98. The van der Waals surface area contributed by atoms with Crippen LogP contribution in [0.3, 0.4) is 0 Å². The van der Waals surface area contributed by atoms with Crippen molar-refractivity contribution >= 4 is 5.91 Å². The molecule has 1 amide bonds. The molecule has 0 saturated carbocycles. The molecule has 0 bridgehead atoms. The van der Waals surface area contributed by atoms with Crippen LogP contribution in [0.15, 0.2) is 0 Å². The summed E-state index contributed by atoms with van der Waals surface area (Å²) in [5.41, 5.74) is 0. The van der Waals surface area contributed by atoms with Crippen LogP contribution in [0.1, 0.15) is 20.3 Å². The predicted octanol–water partition coefficient (Wildman–Crippen LogP) is 0.498. The lowest BCUT2D eigenvalue weighted by Gasteiger charge is -2.21. The van der Waals surface area contributed by atoms with Crippen LogP contribution in [-0.4, -0.2) is 49.3 Å². The van der Waals surface area contributed by atoms with Crippen molar-refractivity contribution in [3.63, 3.8) is 0 Å². The summed E-state index contributed by atoms with van der Waals surface area (Å²) in [6.07, 6.45) is -0.0722. The molecule has 4 nitrogen and oxygen atoms in total. The minimum absolute atomic E-state index is 0.0650. The number of likely N-dealkylation sites (N-methyl/N-ethyl adjacent to an activating group) is 1. The van der Waals surface area contributed by atoms with Gasteiger partial charge in [-0.25, -0.2) is 0 Å². The number of rotatable bonds is 6. The van der Waals surface area contributed by atoms with E-state index < -0.39 is 6.10 Å². The van der Waals surface area contributed by atoms with E-state index in [2.05, 4.69) is 0 Å². The summed E-state index contributed by atoms with van der Waals surface area (Å²) >= 11 is 0. The fourth-order valence-corrected chi connectivity index (χ4v) is 1.17. The van der Waals surface area contributed by atoms with Gasteiger partial charge in [0, 0.05) is 27.1 Å². The quantitative estimate of drug-likeness (QED) is 0.684. The number of amides is 1. The van der Waals surface area contributed by atoms with Crippen LogP contribution < -0.4 is 0 Å². The van der Waals surface area contributed by atoms with Gasteiger partial charge in [0.1, 0.15) is 0 Å². The molecule has 4 heteroatoms. The van der Waals surface area contributed by atoms with Crippen molar-refractivity contribution in [2.24, 2.45) is 5.92 Å². The smallest absolute Gasteiger partial charge is 0.222 e. The molecule has 14 heavy (non-hydrogen) atoms. The molecule has 0 fully saturated rings.